The van der Waals surface area contributed by atoms with Crippen molar-refractivity contribution in [2.24, 2.45) is 0 Å². The maximum absolute atomic E-state index is 11.1. The van der Waals surface area contributed by atoms with Crippen molar-refractivity contribution in [2.45, 2.75) is 0 Å². The molecule has 0 aliphatic carbocycles. The summed E-state index contributed by atoms with van der Waals surface area (Å²) in [6.07, 6.45) is 1.46. The minimum Gasteiger partial charge on any atom is -0.337 e. The number of nitrogens with zero attached hydrogens (tertiary/aromatic N) is 1. The van der Waals surface area contributed by atoms with Gasteiger partial charge in [-0.15, -0.1) is 11.6 Å². The second kappa shape index (κ2) is 5.67. The van der Waals surface area contributed by atoms with Gasteiger partial charge >= 0.3 is 6.03 Å². The summed E-state index contributed by atoms with van der Waals surface area (Å²) in [6, 6.07) is 2.93. The van der Waals surface area contributed by atoms with Crippen LogP contribution < -0.4 is 10.6 Å². The van der Waals surface area contributed by atoms with Crippen molar-refractivity contribution in [3.05, 3.63) is 23.4 Å². The normalized spacial score (nSPS) is 9.57. The summed E-state index contributed by atoms with van der Waals surface area (Å²) in [4.78, 5) is 15.0. The Kier molecular flexibility index (Phi) is 4.49. The van der Waals surface area contributed by atoms with Crippen LogP contribution in [-0.2, 0) is 0 Å². The lowest BCUT2D eigenvalue weighted by Crippen LogP contribution is -2.30. The van der Waals surface area contributed by atoms with Crippen LogP contribution in [-0.4, -0.2) is 23.4 Å². The summed E-state index contributed by atoms with van der Waals surface area (Å²) in [6.45, 7) is 0.418. The molecule has 0 saturated carbocycles. The van der Waals surface area contributed by atoms with Crippen molar-refractivity contribution in [3.8, 4) is 0 Å². The van der Waals surface area contributed by atoms with Gasteiger partial charge in [0.25, 0.3) is 0 Å². The molecule has 0 atom stereocenters. The Hall–Kier alpha value is -1.00. The number of alkyl halides is 1. The maximum Gasteiger partial charge on any atom is 0.320 e. The van der Waals surface area contributed by atoms with Crippen molar-refractivity contribution in [1.82, 2.24) is 10.3 Å². The van der Waals surface area contributed by atoms with E-state index in [0.717, 1.165) is 0 Å². The minimum atomic E-state index is -0.333. The number of carbonyl (C=O) groups excluding carboxylic acids is 1. The Morgan fingerprint density at radius 2 is 2.29 bits per heavy atom. The highest BCUT2D eigenvalue weighted by Gasteiger charge is 2.00. The number of urea groups is 1. The molecule has 0 saturated heterocycles. The van der Waals surface area contributed by atoms with Crippen molar-refractivity contribution >= 4 is 35.1 Å². The van der Waals surface area contributed by atoms with Crippen LogP contribution >= 0.6 is 23.2 Å². The molecule has 0 aliphatic heterocycles. The summed E-state index contributed by atoms with van der Waals surface area (Å²) in [5.41, 5.74) is 0. The number of hydrogen-bond acceptors (Lipinski definition) is 2. The molecule has 2 amide bonds. The van der Waals surface area contributed by atoms with Gasteiger partial charge in [0.1, 0.15) is 5.82 Å². The zero-order chi connectivity index (χ0) is 10.4. The molecule has 1 aromatic heterocycles. The van der Waals surface area contributed by atoms with E-state index in [9.17, 15) is 4.79 Å². The standard InChI is InChI=1S/C8H9Cl2N3O/c9-3-4-11-8(14)13-7-2-1-6(10)5-12-7/h1-2,5H,3-4H2,(H2,11,12,13,14). The van der Waals surface area contributed by atoms with Gasteiger partial charge in [0.2, 0.25) is 0 Å². The molecule has 14 heavy (non-hydrogen) atoms. The molecule has 1 heterocycles. The fourth-order valence-corrected chi connectivity index (χ4v) is 0.977. The number of hydrogen-bond donors (Lipinski definition) is 2. The Bertz CT molecular complexity index is 302. The first kappa shape index (κ1) is 11.1. The van der Waals surface area contributed by atoms with Crippen molar-refractivity contribution < 1.29 is 4.79 Å². The largest absolute Gasteiger partial charge is 0.337 e. The van der Waals surface area contributed by atoms with Crippen molar-refractivity contribution in [3.63, 3.8) is 0 Å². The Labute approximate surface area is 91.6 Å². The van der Waals surface area contributed by atoms with E-state index in [-0.39, 0.29) is 6.03 Å². The first-order valence-corrected chi connectivity index (χ1v) is 4.86. The molecule has 76 valence electrons. The van der Waals surface area contributed by atoms with Gasteiger partial charge in [0.15, 0.2) is 0 Å². The fraction of sp³-hybridized carbons (Fsp3) is 0.250. The van der Waals surface area contributed by atoms with Crippen LogP contribution in [0.25, 0.3) is 0 Å². The third-order valence-electron chi connectivity index (χ3n) is 1.35. The van der Waals surface area contributed by atoms with Crippen LogP contribution in [0.3, 0.4) is 0 Å². The van der Waals surface area contributed by atoms with E-state index in [4.69, 9.17) is 23.2 Å². The highest BCUT2D eigenvalue weighted by atomic mass is 35.5. The first-order valence-electron chi connectivity index (χ1n) is 3.95. The van der Waals surface area contributed by atoms with Crippen LogP contribution in [0.2, 0.25) is 5.02 Å². The minimum absolute atomic E-state index is 0.333. The molecule has 1 aromatic rings. The molecular formula is C8H9Cl2N3O. The predicted octanol–water partition coefficient (Wildman–Crippen LogP) is 2.10. The number of nitrogens with one attached hydrogen (secondary N) is 2. The van der Waals surface area contributed by atoms with Crippen molar-refractivity contribution in [1.29, 1.82) is 0 Å². The summed E-state index contributed by atoms with van der Waals surface area (Å²) >= 11 is 11.0. The highest BCUT2D eigenvalue weighted by molar-refractivity contribution is 6.30. The lowest BCUT2D eigenvalue weighted by atomic mass is 10.4. The molecule has 0 radical (unpaired) electrons. The molecule has 4 nitrogen and oxygen atoms in total. The second-order valence-corrected chi connectivity index (χ2v) is 3.25. The van der Waals surface area contributed by atoms with Gasteiger partial charge in [0.05, 0.1) is 5.02 Å². The Morgan fingerprint density at radius 3 is 2.86 bits per heavy atom. The average molecular weight is 234 g/mol. The van der Waals surface area contributed by atoms with E-state index in [0.29, 0.717) is 23.3 Å². The van der Waals surface area contributed by atoms with Crippen LogP contribution in [0.5, 0.6) is 0 Å². The van der Waals surface area contributed by atoms with E-state index in [1.807, 2.05) is 0 Å². The molecule has 0 aliphatic rings. The third kappa shape index (κ3) is 3.81. The predicted molar refractivity (Wildman–Crippen MR) is 57.0 cm³/mol. The van der Waals surface area contributed by atoms with E-state index < -0.39 is 0 Å². The molecule has 2 N–H and O–H groups in total. The van der Waals surface area contributed by atoms with Crippen LogP contribution in [0.1, 0.15) is 0 Å². The average Bonchev–Trinajstić information content (AvgIpc) is 2.18. The van der Waals surface area contributed by atoms with Gasteiger partial charge in [-0.1, -0.05) is 11.6 Å². The number of pyridine rings is 1. The molecule has 1 rings (SSSR count). The topological polar surface area (TPSA) is 54.0 Å². The number of aromatic nitrogens is 1. The van der Waals surface area contributed by atoms with Gasteiger partial charge < -0.3 is 5.32 Å². The van der Waals surface area contributed by atoms with E-state index >= 15 is 0 Å². The second-order valence-electron chi connectivity index (χ2n) is 2.43. The van der Waals surface area contributed by atoms with Crippen LogP contribution in [0.15, 0.2) is 18.3 Å². The molecule has 6 heteroatoms. The first-order chi connectivity index (χ1) is 6.72. The third-order valence-corrected chi connectivity index (χ3v) is 1.76. The molecule has 0 bridgehead atoms. The van der Waals surface area contributed by atoms with E-state index in [1.54, 1.807) is 12.1 Å². The number of anilines is 1. The summed E-state index contributed by atoms with van der Waals surface area (Å²) in [5, 5.41) is 5.59. The van der Waals surface area contributed by atoms with Gasteiger partial charge in [-0.05, 0) is 12.1 Å². The Balaban J connectivity index is 2.44. The maximum atomic E-state index is 11.1. The molecule has 0 spiro atoms. The van der Waals surface area contributed by atoms with E-state index in [2.05, 4.69) is 15.6 Å². The molecule has 0 fully saturated rings. The van der Waals surface area contributed by atoms with Crippen LogP contribution in [0, 0.1) is 0 Å². The van der Waals surface area contributed by atoms with Crippen LogP contribution in [0.4, 0.5) is 10.6 Å². The monoisotopic (exact) mass is 233 g/mol. The molecule has 0 unspecified atom stereocenters. The highest BCUT2D eigenvalue weighted by Crippen LogP contribution is 2.08. The smallest absolute Gasteiger partial charge is 0.320 e. The Morgan fingerprint density at radius 1 is 1.50 bits per heavy atom. The zero-order valence-electron chi connectivity index (χ0n) is 7.26. The van der Waals surface area contributed by atoms with Gasteiger partial charge in [-0.3, -0.25) is 5.32 Å². The number of halogens is 2. The number of carbonyl (C=O) groups is 1. The molecule has 0 aromatic carbocycles. The quantitative estimate of drug-likeness (QED) is 0.787. The SMILES string of the molecule is O=C(NCCCl)Nc1ccc(Cl)cn1. The summed E-state index contributed by atoms with van der Waals surface area (Å²) in [7, 11) is 0. The summed E-state index contributed by atoms with van der Waals surface area (Å²) in [5.74, 6) is 0.822. The molecular weight excluding hydrogens is 225 g/mol. The van der Waals surface area contributed by atoms with Gasteiger partial charge in [0, 0.05) is 18.6 Å². The number of amides is 2. The van der Waals surface area contributed by atoms with Crippen molar-refractivity contribution in [2.75, 3.05) is 17.7 Å². The van der Waals surface area contributed by atoms with Gasteiger partial charge in [-0.2, -0.15) is 0 Å². The lowest BCUT2D eigenvalue weighted by Gasteiger charge is -2.04. The summed E-state index contributed by atoms with van der Waals surface area (Å²) < 4.78 is 0. The van der Waals surface area contributed by atoms with Gasteiger partial charge in [-0.25, -0.2) is 9.78 Å². The van der Waals surface area contributed by atoms with E-state index in [1.165, 1.54) is 6.20 Å². The fourth-order valence-electron chi connectivity index (χ4n) is 0.771. The number of rotatable bonds is 3. The lowest BCUT2D eigenvalue weighted by molar-refractivity contribution is 0.252. The zero-order valence-corrected chi connectivity index (χ0v) is 8.77.